The van der Waals surface area contributed by atoms with Crippen molar-refractivity contribution in [3.8, 4) is 11.1 Å². The Balaban J connectivity index is 1.83. The van der Waals surface area contributed by atoms with E-state index < -0.39 is 0 Å². The Labute approximate surface area is 101 Å². The van der Waals surface area contributed by atoms with Crippen molar-refractivity contribution in [2.45, 2.75) is 18.9 Å². The monoisotopic (exact) mass is 228 g/mol. The first-order valence-corrected chi connectivity index (χ1v) is 6.09. The van der Waals surface area contributed by atoms with Crippen molar-refractivity contribution in [3.05, 3.63) is 36.9 Å². The molecule has 0 bridgehead atoms. The van der Waals surface area contributed by atoms with Crippen molar-refractivity contribution in [1.82, 2.24) is 20.1 Å². The van der Waals surface area contributed by atoms with Crippen LogP contribution in [0.1, 0.15) is 18.9 Å². The van der Waals surface area contributed by atoms with Crippen molar-refractivity contribution in [2.75, 3.05) is 13.1 Å². The van der Waals surface area contributed by atoms with Crippen LogP contribution in [0.15, 0.2) is 36.9 Å². The minimum Gasteiger partial charge on any atom is -0.317 e. The van der Waals surface area contributed by atoms with Gasteiger partial charge in [0.25, 0.3) is 0 Å². The lowest BCUT2D eigenvalue weighted by molar-refractivity contribution is 0.343. The number of pyridine rings is 1. The van der Waals surface area contributed by atoms with Crippen LogP contribution in [0, 0.1) is 0 Å². The topological polar surface area (TPSA) is 42.7 Å². The highest BCUT2D eigenvalue weighted by molar-refractivity contribution is 5.60. The molecule has 2 aromatic heterocycles. The largest absolute Gasteiger partial charge is 0.317 e. The van der Waals surface area contributed by atoms with E-state index in [1.165, 1.54) is 0 Å². The zero-order chi connectivity index (χ0) is 11.5. The normalized spacial score (nSPS) is 17.2. The predicted molar refractivity (Wildman–Crippen MR) is 66.6 cm³/mol. The third-order valence-electron chi connectivity index (χ3n) is 3.28. The molecule has 0 aliphatic carbocycles. The Morgan fingerprint density at radius 1 is 1.18 bits per heavy atom. The second-order valence-electron chi connectivity index (χ2n) is 4.43. The Bertz CT molecular complexity index is 471. The lowest BCUT2D eigenvalue weighted by Gasteiger charge is -2.22. The van der Waals surface area contributed by atoms with Gasteiger partial charge in [-0.1, -0.05) is 6.07 Å². The van der Waals surface area contributed by atoms with Gasteiger partial charge >= 0.3 is 0 Å². The van der Waals surface area contributed by atoms with Crippen molar-refractivity contribution in [1.29, 1.82) is 0 Å². The van der Waals surface area contributed by atoms with Crippen molar-refractivity contribution < 1.29 is 0 Å². The van der Waals surface area contributed by atoms with Crippen LogP contribution in [-0.4, -0.2) is 27.9 Å². The summed E-state index contributed by atoms with van der Waals surface area (Å²) in [6.45, 7) is 2.18. The molecule has 0 aromatic carbocycles. The summed E-state index contributed by atoms with van der Waals surface area (Å²) in [6, 6.07) is 4.57. The van der Waals surface area contributed by atoms with Gasteiger partial charge in [-0.2, -0.15) is 5.10 Å². The molecule has 0 atom stereocenters. The highest BCUT2D eigenvalue weighted by Crippen LogP contribution is 2.22. The molecule has 0 radical (unpaired) electrons. The van der Waals surface area contributed by atoms with Gasteiger partial charge in [-0.25, -0.2) is 0 Å². The van der Waals surface area contributed by atoms with Crippen LogP contribution < -0.4 is 5.32 Å². The molecule has 4 nitrogen and oxygen atoms in total. The third-order valence-corrected chi connectivity index (χ3v) is 3.28. The predicted octanol–water partition coefficient (Wildman–Crippen LogP) is 1.87. The zero-order valence-corrected chi connectivity index (χ0v) is 9.71. The fourth-order valence-corrected chi connectivity index (χ4v) is 2.29. The molecule has 1 N–H and O–H groups in total. The van der Waals surface area contributed by atoms with Gasteiger partial charge < -0.3 is 5.32 Å². The summed E-state index contributed by atoms with van der Waals surface area (Å²) >= 11 is 0. The van der Waals surface area contributed by atoms with E-state index in [1.807, 2.05) is 18.5 Å². The van der Waals surface area contributed by atoms with Gasteiger partial charge in [0, 0.05) is 29.7 Å². The quantitative estimate of drug-likeness (QED) is 0.853. The first kappa shape index (κ1) is 10.5. The Kier molecular flexibility index (Phi) is 2.88. The molecule has 1 aliphatic heterocycles. The van der Waals surface area contributed by atoms with E-state index in [9.17, 15) is 0 Å². The van der Waals surface area contributed by atoms with Crippen molar-refractivity contribution >= 4 is 0 Å². The first-order valence-electron chi connectivity index (χ1n) is 6.09. The van der Waals surface area contributed by atoms with Crippen LogP contribution >= 0.6 is 0 Å². The number of aromatic nitrogens is 3. The van der Waals surface area contributed by atoms with Crippen LogP contribution in [0.3, 0.4) is 0 Å². The van der Waals surface area contributed by atoms with Crippen molar-refractivity contribution in [3.63, 3.8) is 0 Å². The van der Waals surface area contributed by atoms with E-state index in [4.69, 9.17) is 0 Å². The van der Waals surface area contributed by atoms with Gasteiger partial charge in [0.15, 0.2) is 0 Å². The van der Waals surface area contributed by atoms with Gasteiger partial charge in [0.2, 0.25) is 0 Å². The molecule has 1 aliphatic rings. The molecule has 0 amide bonds. The highest BCUT2D eigenvalue weighted by Gasteiger charge is 2.15. The molecular weight excluding hydrogens is 212 g/mol. The molecule has 2 aromatic rings. The summed E-state index contributed by atoms with van der Waals surface area (Å²) in [7, 11) is 0. The maximum Gasteiger partial charge on any atom is 0.0569 e. The average molecular weight is 228 g/mol. The van der Waals surface area contributed by atoms with Gasteiger partial charge in [0.05, 0.1) is 12.2 Å². The number of nitrogens with one attached hydrogen (secondary N) is 1. The lowest BCUT2D eigenvalue weighted by atomic mass is 10.1. The number of hydrogen-bond donors (Lipinski definition) is 1. The van der Waals surface area contributed by atoms with Crippen LogP contribution in [-0.2, 0) is 0 Å². The Hall–Kier alpha value is -1.68. The van der Waals surface area contributed by atoms with Crippen LogP contribution in [0.2, 0.25) is 0 Å². The number of hydrogen-bond acceptors (Lipinski definition) is 3. The summed E-state index contributed by atoms with van der Waals surface area (Å²) in [6.07, 6.45) is 10.1. The summed E-state index contributed by atoms with van der Waals surface area (Å²) < 4.78 is 2.10. The van der Waals surface area contributed by atoms with E-state index in [-0.39, 0.29) is 0 Å². The van der Waals surface area contributed by atoms with E-state index in [2.05, 4.69) is 32.3 Å². The second-order valence-corrected chi connectivity index (χ2v) is 4.43. The van der Waals surface area contributed by atoms with Crippen LogP contribution in [0.25, 0.3) is 11.1 Å². The molecule has 0 saturated carbocycles. The first-order chi connectivity index (χ1) is 8.43. The smallest absolute Gasteiger partial charge is 0.0569 e. The third kappa shape index (κ3) is 2.22. The molecular formula is C13H16N4. The fraction of sp³-hybridized carbons (Fsp3) is 0.385. The van der Waals surface area contributed by atoms with E-state index in [1.54, 1.807) is 6.20 Å². The van der Waals surface area contributed by atoms with Crippen molar-refractivity contribution in [2.24, 2.45) is 0 Å². The standard InChI is InChI=1S/C13H16N4/c1-2-11(8-15-5-1)12-9-16-17(10-12)13-3-6-14-7-4-13/h1-2,5,8-10,13-14H,3-4,6-7H2. The second kappa shape index (κ2) is 4.67. The number of rotatable bonds is 2. The Morgan fingerprint density at radius 2 is 2.06 bits per heavy atom. The maximum atomic E-state index is 4.48. The molecule has 4 heteroatoms. The molecule has 88 valence electrons. The SMILES string of the molecule is c1cncc(-c2cnn(C3CCNCC3)c2)c1. The minimum absolute atomic E-state index is 0.543. The van der Waals surface area contributed by atoms with Crippen LogP contribution in [0.5, 0.6) is 0 Å². The lowest BCUT2D eigenvalue weighted by Crippen LogP contribution is -2.29. The van der Waals surface area contributed by atoms with Gasteiger partial charge in [-0.15, -0.1) is 0 Å². The van der Waals surface area contributed by atoms with E-state index >= 15 is 0 Å². The molecule has 1 fully saturated rings. The average Bonchev–Trinajstić information content (AvgIpc) is 2.90. The van der Waals surface area contributed by atoms with E-state index in [0.29, 0.717) is 6.04 Å². The number of nitrogens with zero attached hydrogens (tertiary/aromatic N) is 3. The Morgan fingerprint density at radius 3 is 2.82 bits per heavy atom. The van der Waals surface area contributed by atoms with Gasteiger partial charge in [0.1, 0.15) is 0 Å². The van der Waals surface area contributed by atoms with Gasteiger partial charge in [-0.05, 0) is 32.0 Å². The summed E-state index contributed by atoms with van der Waals surface area (Å²) in [5.74, 6) is 0. The zero-order valence-electron chi connectivity index (χ0n) is 9.71. The molecule has 1 saturated heterocycles. The van der Waals surface area contributed by atoms with Gasteiger partial charge in [-0.3, -0.25) is 9.67 Å². The summed E-state index contributed by atoms with van der Waals surface area (Å²) in [5, 5.41) is 7.85. The maximum absolute atomic E-state index is 4.48. The molecule has 3 rings (SSSR count). The highest BCUT2D eigenvalue weighted by atomic mass is 15.3. The summed E-state index contributed by atoms with van der Waals surface area (Å²) in [4.78, 5) is 4.14. The molecule has 0 unspecified atom stereocenters. The number of piperidine rings is 1. The van der Waals surface area contributed by atoms with Crippen LogP contribution in [0.4, 0.5) is 0 Å². The molecule has 3 heterocycles. The summed E-state index contributed by atoms with van der Waals surface area (Å²) in [5.41, 5.74) is 2.28. The fourth-order valence-electron chi connectivity index (χ4n) is 2.29. The minimum atomic E-state index is 0.543. The van der Waals surface area contributed by atoms with E-state index in [0.717, 1.165) is 37.1 Å². The molecule has 17 heavy (non-hydrogen) atoms. The molecule has 0 spiro atoms.